The van der Waals surface area contributed by atoms with E-state index < -0.39 is 36.4 Å². The second-order valence-electron chi connectivity index (χ2n) is 11.6. The minimum absolute atomic E-state index is 0.0627. The summed E-state index contributed by atoms with van der Waals surface area (Å²) in [4.78, 5) is 29.7. The molecule has 9 nitrogen and oxygen atoms in total. The number of methoxy groups -OCH3 is 2. The van der Waals surface area contributed by atoms with Crippen LogP contribution in [0.4, 0.5) is 0 Å². The molecule has 0 unspecified atom stereocenters. The van der Waals surface area contributed by atoms with Gasteiger partial charge >= 0.3 is 11.9 Å². The van der Waals surface area contributed by atoms with Gasteiger partial charge in [0.15, 0.2) is 0 Å². The molecule has 0 bridgehead atoms. The lowest BCUT2D eigenvalue weighted by Gasteiger charge is -2.26. The summed E-state index contributed by atoms with van der Waals surface area (Å²) in [6.45, 7) is 1.08. The molecule has 2 heterocycles. The topological polar surface area (TPSA) is 105 Å². The van der Waals surface area contributed by atoms with Gasteiger partial charge in [-0.25, -0.2) is 9.59 Å². The fraction of sp³-hybridized carbons (Fsp3) is 0.250. The van der Waals surface area contributed by atoms with Gasteiger partial charge in [0.1, 0.15) is 35.8 Å². The first-order chi connectivity index (χ1) is 24.1. The van der Waals surface area contributed by atoms with Crippen molar-refractivity contribution in [2.75, 3.05) is 20.8 Å². The van der Waals surface area contributed by atoms with Crippen LogP contribution in [0.3, 0.4) is 0 Å². The Morgan fingerprint density at radius 3 is 1.61 bits per heavy atom. The minimum Gasteiger partial charge on any atom is -0.464 e. The fourth-order valence-electron chi connectivity index (χ4n) is 6.10. The number of hydrogen-bond donors (Lipinski definition) is 1. The Morgan fingerprint density at radius 1 is 0.612 bits per heavy atom. The molecule has 1 aromatic heterocycles. The Balaban J connectivity index is 1.45. The molecule has 0 radical (unpaired) electrons. The van der Waals surface area contributed by atoms with E-state index in [1.165, 1.54) is 14.2 Å². The van der Waals surface area contributed by atoms with Gasteiger partial charge in [0.2, 0.25) is 0 Å². The van der Waals surface area contributed by atoms with Crippen molar-refractivity contribution in [3.8, 4) is 11.1 Å². The molecule has 1 aliphatic rings. The summed E-state index contributed by atoms with van der Waals surface area (Å²) in [7, 11) is 2.58. The van der Waals surface area contributed by atoms with Crippen molar-refractivity contribution in [2.45, 2.75) is 44.2 Å². The Hall–Kier alpha value is -5.06. The van der Waals surface area contributed by atoms with Crippen molar-refractivity contribution in [1.82, 2.24) is 4.98 Å². The van der Waals surface area contributed by atoms with Gasteiger partial charge in [0, 0.05) is 11.1 Å². The summed E-state index contributed by atoms with van der Waals surface area (Å²) >= 11 is 0. The third kappa shape index (κ3) is 7.98. The van der Waals surface area contributed by atoms with Crippen LogP contribution in [0.5, 0.6) is 0 Å². The Kier molecular flexibility index (Phi) is 11.3. The average molecular weight is 662 g/mol. The molecule has 9 heteroatoms. The number of aromatic amines is 1. The Labute approximate surface area is 285 Å². The van der Waals surface area contributed by atoms with Gasteiger partial charge in [-0.1, -0.05) is 121 Å². The fourth-order valence-corrected chi connectivity index (χ4v) is 6.10. The number of aromatic nitrogens is 1. The van der Waals surface area contributed by atoms with E-state index in [0.29, 0.717) is 23.3 Å². The third-order valence-corrected chi connectivity index (χ3v) is 8.44. The van der Waals surface area contributed by atoms with Crippen molar-refractivity contribution < 1.29 is 38.0 Å². The second-order valence-corrected chi connectivity index (χ2v) is 11.6. The zero-order valence-electron chi connectivity index (χ0n) is 27.5. The lowest BCUT2D eigenvalue weighted by atomic mass is 9.92. The van der Waals surface area contributed by atoms with Gasteiger partial charge in [0.05, 0.1) is 40.6 Å². The molecular formula is C40H39NO8. The van der Waals surface area contributed by atoms with E-state index in [0.717, 1.165) is 16.7 Å². The maximum atomic E-state index is 13.4. The number of esters is 2. The van der Waals surface area contributed by atoms with Gasteiger partial charge in [0.25, 0.3) is 0 Å². The molecule has 1 aliphatic heterocycles. The maximum Gasteiger partial charge on any atom is 0.355 e. The zero-order chi connectivity index (χ0) is 34.0. The standard InChI is InChI=1S/C40H39NO8/c1-44-39(42)34-32(30-21-13-6-14-22-30)33(35(41-34)40(43)45-2)37-38(48-25-29-19-11-5-12-20-29)36(47-24-28-17-9-4-10-18-28)31(49-37)26-46-23-27-15-7-3-8-16-27/h3-22,31,36-38,41H,23-26H2,1-2H3/t31-,36-,37+,38-/m1/s1. The molecular weight excluding hydrogens is 622 g/mol. The Morgan fingerprint density at radius 2 is 1.08 bits per heavy atom. The summed E-state index contributed by atoms with van der Waals surface area (Å²) in [5, 5.41) is 0. The molecule has 4 aromatic carbocycles. The smallest absolute Gasteiger partial charge is 0.355 e. The maximum absolute atomic E-state index is 13.4. The van der Waals surface area contributed by atoms with Gasteiger partial charge < -0.3 is 33.4 Å². The zero-order valence-corrected chi connectivity index (χ0v) is 27.5. The number of carbonyl (C=O) groups is 2. The number of ether oxygens (including phenoxy) is 6. The lowest BCUT2D eigenvalue weighted by Crippen LogP contribution is -2.38. The highest BCUT2D eigenvalue weighted by Crippen LogP contribution is 2.45. The van der Waals surface area contributed by atoms with Crippen LogP contribution in [-0.2, 0) is 48.2 Å². The van der Waals surface area contributed by atoms with Crippen LogP contribution in [0.25, 0.3) is 11.1 Å². The SMILES string of the molecule is COC(=O)c1[nH]c(C(=O)OC)c([C@@H]2O[C@H](COCc3ccccc3)[C@@H](OCc3ccccc3)[C@H]2OCc2ccccc2)c1-c1ccccc1. The quantitative estimate of drug-likeness (QED) is 0.126. The molecule has 6 rings (SSSR count). The normalized spacial score (nSPS) is 18.7. The van der Waals surface area contributed by atoms with Crippen LogP contribution in [-0.4, -0.2) is 56.1 Å². The predicted molar refractivity (Wildman–Crippen MR) is 183 cm³/mol. The molecule has 0 spiro atoms. The number of hydrogen-bond acceptors (Lipinski definition) is 8. The first-order valence-electron chi connectivity index (χ1n) is 16.1. The molecule has 5 aromatic rings. The van der Waals surface area contributed by atoms with Crippen LogP contribution in [0, 0.1) is 0 Å². The Bertz CT molecular complexity index is 1790. The number of benzene rings is 4. The summed E-state index contributed by atoms with van der Waals surface area (Å²) in [6, 6.07) is 38.8. The van der Waals surface area contributed by atoms with Crippen molar-refractivity contribution in [2.24, 2.45) is 0 Å². The average Bonchev–Trinajstić information content (AvgIpc) is 3.72. The molecule has 0 amide bonds. The molecule has 0 saturated carbocycles. The highest BCUT2D eigenvalue weighted by molar-refractivity contribution is 6.02. The highest BCUT2D eigenvalue weighted by Gasteiger charge is 2.50. The van der Waals surface area contributed by atoms with E-state index in [9.17, 15) is 9.59 Å². The number of H-pyrrole nitrogens is 1. The van der Waals surface area contributed by atoms with Crippen molar-refractivity contribution in [3.05, 3.63) is 155 Å². The summed E-state index contributed by atoms with van der Waals surface area (Å²) < 4.78 is 36.8. The van der Waals surface area contributed by atoms with Crippen molar-refractivity contribution in [1.29, 1.82) is 0 Å². The lowest BCUT2D eigenvalue weighted by molar-refractivity contribution is -0.0898. The first-order valence-corrected chi connectivity index (χ1v) is 16.1. The van der Waals surface area contributed by atoms with Gasteiger partial charge in [-0.15, -0.1) is 0 Å². The molecule has 4 atom stereocenters. The first kappa shape index (κ1) is 33.8. The van der Waals surface area contributed by atoms with Crippen LogP contribution in [0.15, 0.2) is 121 Å². The van der Waals surface area contributed by atoms with Crippen LogP contribution >= 0.6 is 0 Å². The number of rotatable bonds is 14. The van der Waals surface area contributed by atoms with E-state index in [4.69, 9.17) is 28.4 Å². The highest BCUT2D eigenvalue weighted by atomic mass is 16.6. The van der Waals surface area contributed by atoms with Crippen LogP contribution in [0.1, 0.15) is 49.3 Å². The molecule has 1 fully saturated rings. The minimum atomic E-state index is -0.881. The van der Waals surface area contributed by atoms with Gasteiger partial charge in [-0.2, -0.15) is 0 Å². The van der Waals surface area contributed by atoms with E-state index in [1.54, 1.807) is 0 Å². The van der Waals surface area contributed by atoms with Gasteiger partial charge in [-0.3, -0.25) is 0 Å². The molecule has 0 aliphatic carbocycles. The largest absolute Gasteiger partial charge is 0.464 e. The molecule has 49 heavy (non-hydrogen) atoms. The van der Waals surface area contributed by atoms with Crippen LogP contribution < -0.4 is 0 Å². The van der Waals surface area contributed by atoms with E-state index in [2.05, 4.69) is 4.98 Å². The van der Waals surface area contributed by atoms with Crippen LogP contribution in [0.2, 0.25) is 0 Å². The van der Waals surface area contributed by atoms with Crippen molar-refractivity contribution in [3.63, 3.8) is 0 Å². The molecule has 252 valence electrons. The van der Waals surface area contributed by atoms with E-state index >= 15 is 0 Å². The summed E-state index contributed by atoms with van der Waals surface area (Å²) in [5.41, 5.74) is 4.66. The van der Waals surface area contributed by atoms with Gasteiger partial charge in [-0.05, 0) is 22.3 Å². The molecule has 1 saturated heterocycles. The summed E-state index contributed by atoms with van der Waals surface area (Å²) in [6.07, 6.45) is -2.85. The monoisotopic (exact) mass is 661 g/mol. The van der Waals surface area contributed by atoms with E-state index in [-0.39, 0.29) is 31.2 Å². The number of nitrogens with one attached hydrogen (secondary N) is 1. The predicted octanol–water partition coefficient (Wildman–Crippen LogP) is 7.08. The molecule has 1 N–H and O–H groups in total. The number of carbonyl (C=O) groups excluding carboxylic acids is 2. The second kappa shape index (κ2) is 16.4. The van der Waals surface area contributed by atoms with E-state index in [1.807, 2.05) is 121 Å². The summed E-state index contributed by atoms with van der Waals surface area (Å²) in [5.74, 6) is -1.31. The third-order valence-electron chi connectivity index (χ3n) is 8.44. The van der Waals surface area contributed by atoms with Crippen molar-refractivity contribution >= 4 is 11.9 Å².